The van der Waals surface area contributed by atoms with Crippen LogP contribution in [0.5, 0.6) is 11.5 Å². The molecule has 1 heterocycles. The molecule has 3 heteroatoms. The molecule has 3 nitrogen and oxygen atoms in total. The Hall–Kier alpha value is -2.42. The van der Waals surface area contributed by atoms with Gasteiger partial charge in [0.2, 0.25) is 0 Å². The Labute approximate surface area is 137 Å². The normalized spacial score (nSPS) is 16.6. The zero-order valence-corrected chi connectivity index (χ0v) is 13.5. The third-order valence-corrected chi connectivity index (χ3v) is 4.25. The number of fused-ring (bicyclic) bond motifs is 1. The van der Waals surface area contributed by atoms with Gasteiger partial charge in [-0.2, -0.15) is 0 Å². The van der Waals surface area contributed by atoms with E-state index in [0.717, 1.165) is 37.4 Å². The van der Waals surface area contributed by atoms with Gasteiger partial charge in [-0.25, -0.2) is 0 Å². The first-order valence-electron chi connectivity index (χ1n) is 8.13. The maximum absolute atomic E-state index is 9.72. The van der Waals surface area contributed by atoms with Crippen molar-refractivity contribution < 1.29 is 9.84 Å². The van der Waals surface area contributed by atoms with Crippen LogP contribution in [0.25, 0.3) is 0 Å². The summed E-state index contributed by atoms with van der Waals surface area (Å²) in [6.07, 6.45) is 3.87. The lowest BCUT2D eigenvalue weighted by atomic mass is 10.0. The zero-order valence-electron chi connectivity index (χ0n) is 13.5. The van der Waals surface area contributed by atoms with Gasteiger partial charge in [0.15, 0.2) is 0 Å². The molecule has 0 bridgehead atoms. The second-order valence-corrected chi connectivity index (χ2v) is 5.96. The van der Waals surface area contributed by atoms with Crippen LogP contribution in [0.1, 0.15) is 18.1 Å². The highest BCUT2D eigenvalue weighted by Gasteiger charge is 2.25. The minimum Gasteiger partial charge on any atom is -0.508 e. The van der Waals surface area contributed by atoms with Crippen molar-refractivity contribution in [2.24, 2.45) is 0 Å². The van der Waals surface area contributed by atoms with E-state index in [1.165, 1.54) is 11.1 Å². The second-order valence-electron chi connectivity index (χ2n) is 5.96. The van der Waals surface area contributed by atoms with E-state index >= 15 is 0 Å². The van der Waals surface area contributed by atoms with E-state index in [-0.39, 0.29) is 11.9 Å². The van der Waals surface area contributed by atoms with Gasteiger partial charge in [0, 0.05) is 19.0 Å². The van der Waals surface area contributed by atoms with E-state index in [1.807, 2.05) is 12.1 Å². The van der Waals surface area contributed by atoms with E-state index in [4.69, 9.17) is 4.74 Å². The first-order chi connectivity index (χ1) is 11.2. The third-order valence-electron chi connectivity index (χ3n) is 4.25. The van der Waals surface area contributed by atoms with Crippen molar-refractivity contribution in [3.05, 3.63) is 66.2 Å². The van der Waals surface area contributed by atoms with Gasteiger partial charge in [0.25, 0.3) is 0 Å². The zero-order chi connectivity index (χ0) is 16.2. The minimum atomic E-state index is 0.0664. The number of ether oxygens (including phenoxy) is 1. The molecule has 2 aromatic rings. The molecular formula is C20H23NO2. The summed E-state index contributed by atoms with van der Waals surface area (Å²) >= 11 is 0. The van der Waals surface area contributed by atoms with Gasteiger partial charge in [0.05, 0.1) is 12.2 Å². The predicted molar refractivity (Wildman–Crippen MR) is 94.5 cm³/mol. The van der Waals surface area contributed by atoms with Gasteiger partial charge >= 0.3 is 0 Å². The number of nitrogens with zero attached hydrogens (tertiary/aromatic N) is 1. The van der Waals surface area contributed by atoms with Crippen LogP contribution in [0.3, 0.4) is 0 Å². The van der Waals surface area contributed by atoms with Crippen LogP contribution in [0.2, 0.25) is 0 Å². The van der Waals surface area contributed by atoms with E-state index in [2.05, 4.69) is 42.7 Å². The fourth-order valence-corrected chi connectivity index (χ4v) is 3.03. The topological polar surface area (TPSA) is 32.7 Å². The first-order valence-corrected chi connectivity index (χ1v) is 8.13. The highest BCUT2D eigenvalue weighted by atomic mass is 16.5. The fraction of sp³-hybridized carbons (Fsp3) is 0.300. The summed E-state index contributed by atoms with van der Waals surface area (Å²) in [7, 11) is 0. The number of hydrogen-bond acceptors (Lipinski definition) is 3. The summed E-state index contributed by atoms with van der Waals surface area (Å²) in [5.74, 6) is 0.975. The standard InChI is InChI=1S/C20H23NO2/c1-3-11-21-14-18(12-16-7-5-15(4-2)6-8-16)23-20-13-17(22)9-10-19(20)21/h3,5-10,13,18,22H,1,4,11-12,14H2,2H3. The molecule has 1 N–H and O–H groups in total. The Morgan fingerprint density at radius 3 is 2.65 bits per heavy atom. The fourth-order valence-electron chi connectivity index (χ4n) is 3.03. The number of phenolic OH excluding ortho intramolecular Hbond substituents is 1. The lowest BCUT2D eigenvalue weighted by Crippen LogP contribution is -2.41. The molecule has 0 aromatic heterocycles. The van der Waals surface area contributed by atoms with Crippen molar-refractivity contribution >= 4 is 5.69 Å². The summed E-state index contributed by atoms with van der Waals surface area (Å²) < 4.78 is 6.11. The van der Waals surface area contributed by atoms with Crippen molar-refractivity contribution in [2.75, 3.05) is 18.0 Å². The molecule has 0 radical (unpaired) electrons. The number of rotatable bonds is 5. The number of benzene rings is 2. The number of anilines is 1. The predicted octanol–water partition coefficient (Wildman–Crippen LogP) is 3.95. The molecule has 1 unspecified atom stereocenters. The minimum absolute atomic E-state index is 0.0664. The SMILES string of the molecule is C=CCN1CC(Cc2ccc(CC)cc2)Oc2cc(O)ccc21. The quantitative estimate of drug-likeness (QED) is 0.849. The van der Waals surface area contributed by atoms with Crippen molar-refractivity contribution in [1.29, 1.82) is 0 Å². The summed E-state index contributed by atoms with van der Waals surface area (Å²) in [5.41, 5.74) is 3.64. The molecular weight excluding hydrogens is 286 g/mol. The average molecular weight is 309 g/mol. The maximum Gasteiger partial charge on any atom is 0.146 e. The molecule has 23 heavy (non-hydrogen) atoms. The van der Waals surface area contributed by atoms with Crippen LogP contribution >= 0.6 is 0 Å². The molecule has 1 aliphatic heterocycles. The number of aryl methyl sites for hydroxylation is 1. The monoisotopic (exact) mass is 309 g/mol. The second kappa shape index (κ2) is 6.78. The van der Waals surface area contributed by atoms with E-state index in [1.54, 1.807) is 12.1 Å². The van der Waals surface area contributed by atoms with Gasteiger partial charge < -0.3 is 14.7 Å². The van der Waals surface area contributed by atoms with E-state index in [0.29, 0.717) is 0 Å². The highest BCUT2D eigenvalue weighted by molar-refractivity contribution is 5.62. The van der Waals surface area contributed by atoms with Crippen LogP contribution in [-0.2, 0) is 12.8 Å². The molecule has 1 aliphatic rings. The van der Waals surface area contributed by atoms with Crippen LogP contribution in [0, 0.1) is 0 Å². The number of aromatic hydroxyl groups is 1. The largest absolute Gasteiger partial charge is 0.508 e. The van der Waals surface area contributed by atoms with Gasteiger partial charge in [-0.05, 0) is 29.7 Å². The molecule has 0 aliphatic carbocycles. The summed E-state index contributed by atoms with van der Waals surface area (Å²) in [4.78, 5) is 2.25. The maximum atomic E-state index is 9.72. The summed E-state index contributed by atoms with van der Waals surface area (Å²) in [6.45, 7) is 7.59. The lowest BCUT2D eigenvalue weighted by Gasteiger charge is -2.36. The summed E-state index contributed by atoms with van der Waals surface area (Å²) in [6, 6.07) is 14.0. The smallest absolute Gasteiger partial charge is 0.146 e. The summed E-state index contributed by atoms with van der Waals surface area (Å²) in [5, 5.41) is 9.72. The number of phenols is 1. The molecule has 1 atom stereocenters. The molecule has 3 rings (SSSR count). The van der Waals surface area contributed by atoms with Gasteiger partial charge in [-0.1, -0.05) is 37.3 Å². The van der Waals surface area contributed by atoms with Crippen molar-refractivity contribution in [3.63, 3.8) is 0 Å². The van der Waals surface area contributed by atoms with Gasteiger partial charge in [-0.15, -0.1) is 6.58 Å². The van der Waals surface area contributed by atoms with Crippen molar-refractivity contribution in [2.45, 2.75) is 25.9 Å². The Balaban J connectivity index is 1.79. The Bertz CT molecular complexity index is 679. The highest BCUT2D eigenvalue weighted by Crippen LogP contribution is 2.36. The van der Waals surface area contributed by atoms with E-state index < -0.39 is 0 Å². The molecule has 0 fully saturated rings. The average Bonchev–Trinajstić information content (AvgIpc) is 2.55. The van der Waals surface area contributed by atoms with Crippen molar-refractivity contribution in [3.8, 4) is 11.5 Å². The van der Waals surface area contributed by atoms with Crippen LogP contribution in [0.15, 0.2) is 55.1 Å². The third kappa shape index (κ3) is 3.50. The molecule has 0 saturated heterocycles. The van der Waals surface area contributed by atoms with Gasteiger partial charge in [-0.3, -0.25) is 0 Å². The Morgan fingerprint density at radius 2 is 1.96 bits per heavy atom. The van der Waals surface area contributed by atoms with Crippen molar-refractivity contribution in [1.82, 2.24) is 0 Å². The number of hydrogen-bond donors (Lipinski definition) is 1. The molecule has 0 amide bonds. The molecule has 2 aromatic carbocycles. The van der Waals surface area contributed by atoms with Crippen LogP contribution < -0.4 is 9.64 Å². The van der Waals surface area contributed by atoms with Crippen LogP contribution in [-0.4, -0.2) is 24.3 Å². The lowest BCUT2D eigenvalue weighted by molar-refractivity contribution is 0.194. The van der Waals surface area contributed by atoms with Gasteiger partial charge in [0.1, 0.15) is 17.6 Å². The molecule has 120 valence electrons. The first kappa shape index (κ1) is 15.5. The Kier molecular flexibility index (Phi) is 4.56. The molecule has 0 spiro atoms. The van der Waals surface area contributed by atoms with Crippen LogP contribution in [0.4, 0.5) is 5.69 Å². The Morgan fingerprint density at radius 1 is 1.22 bits per heavy atom. The van der Waals surface area contributed by atoms with E-state index in [9.17, 15) is 5.11 Å². The molecule has 0 saturated carbocycles.